The molecule has 3 aromatic carbocycles. The van der Waals surface area contributed by atoms with Gasteiger partial charge in [0.1, 0.15) is 11.4 Å². The average Bonchev–Trinajstić information content (AvgIpc) is 2.87. The molecule has 0 spiro atoms. The second-order valence-corrected chi connectivity index (χ2v) is 9.96. The van der Waals surface area contributed by atoms with E-state index in [0.29, 0.717) is 18.5 Å². The molecule has 5 heteroatoms. The van der Waals surface area contributed by atoms with Crippen molar-refractivity contribution in [2.24, 2.45) is 0 Å². The Balaban J connectivity index is 1.50. The van der Waals surface area contributed by atoms with Crippen LogP contribution in [0.2, 0.25) is 0 Å². The van der Waals surface area contributed by atoms with Crippen LogP contribution >= 0.6 is 0 Å². The number of ether oxygens (including phenoxy) is 1. The van der Waals surface area contributed by atoms with Crippen LogP contribution in [0.5, 0.6) is 5.75 Å². The first-order valence-corrected chi connectivity index (χ1v) is 12.5. The number of aryl methyl sites for hydroxylation is 1. The Bertz CT molecular complexity index is 1110. The van der Waals surface area contributed by atoms with E-state index in [1.165, 1.54) is 5.56 Å². The first-order valence-electron chi connectivity index (χ1n) is 12.5. The Morgan fingerprint density at radius 3 is 2.40 bits per heavy atom. The average molecular weight is 473 g/mol. The van der Waals surface area contributed by atoms with Gasteiger partial charge in [-0.2, -0.15) is 0 Å². The van der Waals surface area contributed by atoms with E-state index in [0.717, 1.165) is 29.7 Å². The molecule has 0 unspecified atom stereocenters. The highest BCUT2D eigenvalue weighted by molar-refractivity contribution is 5.94. The molecule has 0 radical (unpaired) electrons. The standard InChI is InChI=1S/C30H36N2O3/c1-4-21-15-16-28-24(17-21)26(19-30(2,3)35-28)31-20-27(33)25(18-22-11-7-5-8-12-22)32-29(34)23-13-9-6-10-14-23/h5-17,25-27,31,33H,4,18-20H2,1-3H3,(H,32,34)/t25-,26-,27+/m0/s1. The highest BCUT2D eigenvalue weighted by Gasteiger charge is 2.34. The van der Waals surface area contributed by atoms with Crippen molar-refractivity contribution in [3.63, 3.8) is 0 Å². The van der Waals surface area contributed by atoms with Gasteiger partial charge < -0.3 is 20.5 Å². The summed E-state index contributed by atoms with van der Waals surface area (Å²) in [6, 6.07) is 25.1. The smallest absolute Gasteiger partial charge is 0.251 e. The zero-order valence-corrected chi connectivity index (χ0v) is 20.8. The lowest BCUT2D eigenvalue weighted by atomic mass is 9.88. The van der Waals surface area contributed by atoms with Gasteiger partial charge in [0.25, 0.3) is 5.91 Å². The van der Waals surface area contributed by atoms with Crippen LogP contribution in [-0.2, 0) is 12.8 Å². The molecule has 0 aromatic heterocycles. The van der Waals surface area contributed by atoms with Crippen LogP contribution in [0.4, 0.5) is 0 Å². The predicted octanol–water partition coefficient (Wildman–Crippen LogP) is 4.84. The normalized spacial score (nSPS) is 18.1. The van der Waals surface area contributed by atoms with Crippen molar-refractivity contribution in [1.82, 2.24) is 10.6 Å². The van der Waals surface area contributed by atoms with Crippen molar-refractivity contribution >= 4 is 5.91 Å². The maximum absolute atomic E-state index is 12.9. The lowest BCUT2D eigenvalue weighted by molar-refractivity contribution is 0.0582. The number of hydrogen-bond acceptors (Lipinski definition) is 4. The van der Waals surface area contributed by atoms with E-state index in [4.69, 9.17) is 4.74 Å². The number of aliphatic hydroxyl groups is 1. The van der Waals surface area contributed by atoms with Gasteiger partial charge in [-0.25, -0.2) is 0 Å². The van der Waals surface area contributed by atoms with Crippen molar-refractivity contribution < 1.29 is 14.6 Å². The second-order valence-electron chi connectivity index (χ2n) is 9.96. The molecule has 0 fully saturated rings. The van der Waals surface area contributed by atoms with Crippen molar-refractivity contribution in [2.45, 2.75) is 63.8 Å². The third-order valence-electron chi connectivity index (χ3n) is 6.63. The van der Waals surface area contributed by atoms with Gasteiger partial charge in [-0.1, -0.05) is 67.6 Å². The molecule has 1 heterocycles. The Kier molecular flexibility index (Phi) is 7.89. The molecule has 0 bridgehead atoms. The number of rotatable bonds is 9. The zero-order chi connectivity index (χ0) is 24.8. The van der Waals surface area contributed by atoms with E-state index in [1.54, 1.807) is 12.1 Å². The molecule has 3 aromatic rings. The zero-order valence-electron chi connectivity index (χ0n) is 20.8. The van der Waals surface area contributed by atoms with E-state index in [9.17, 15) is 9.90 Å². The summed E-state index contributed by atoms with van der Waals surface area (Å²) in [5, 5.41) is 17.9. The van der Waals surface area contributed by atoms with Gasteiger partial charge in [0.15, 0.2) is 0 Å². The molecular formula is C30H36N2O3. The summed E-state index contributed by atoms with van der Waals surface area (Å²) in [5.41, 5.74) is 3.72. The molecule has 35 heavy (non-hydrogen) atoms. The predicted molar refractivity (Wildman–Crippen MR) is 140 cm³/mol. The van der Waals surface area contributed by atoms with Crippen LogP contribution in [0.3, 0.4) is 0 Å². The highest BCUT2D eigenvalue weighted by Crippen LogP contribution is 2.40. The van der Waals surface area contributed by atoms with E-state index < -0.39 is 12.1 Å². The monoisotopic (exact) mass is 472 g/mol. The summed E-state index contributed by atoms with van der Waals surface area (Å²) < 4.78 is 6.22. The molecule has 3 N–H and O–H groups in total. The van der Waals surface area contributed by atoms with Gasteiger partial charge >= 0.3 is 0 Å². The van der Waals surface area contributed by atoms with Crippen LogP contribution < -0.4 is 15.4 Å². The minimum Gasteiger partial charge on any atom is -0.487 e. The lowest BCUT2D eigenvalue weighted by Gasteiger charge is -2.39. The number of carbonyl (C=O) groups is 1. The van der Waals surface area contributed by atoms with E-state index in [1.807, 2.05) is 48.5 Å². The Hall–Kier alpha value is -3.15. The minimum atomic E-state index is -0.772. The van der Waals surface area contributed by atoms with Crippen molar-refractivity contribution in [2.75, 3.05) is 6.54 Å². The van der Waals surface area contributed by atoms with Crippen molar-refractivity contribution in [3.05, 3.63) is 101 Å². The van der Waals surface area contributed by atoms with Crippen molar-refractivity contribution in [1.29, 1.82) is 0 Å². The number of carbonyl (C=O) groups excluding carboxylic acids is 1. The number of nitrogens with one attached hydrogen (secondary N) is 2. The number of aliphatic hydroxyl groups excluding tert-OH is 1. The summed E-state index contributed by atoms with van der Waals surface area (Å²) in [4.78, 5) is 12.9. The van der Waals surface area contributed by atoms with Gasteiger partial charge in [-0.3, -0.25) is 4.79 Å². The van der Waals surface area contributed by atoms with Crippen LogP contribution in [0, 0.1) is 0 Å². The van der Waals surface area contributed by atoms with E-state index >= 15 is 0 Å². The molecule has 4 rings (SSSR count). The van der Waals surface area contributed by atoms with E-state index in [-0.39, 0.29) is 17.6 Å². The number of amides is 1. The second kappa shape index (κ2) is 11.1. The molecule has 0 aliphatic carbocycles. The summed E-state index contributed by atoms with van der Waals surface area (Å²) in [6.45, 7) is 6.67. The number of fused-ring (bicyclic) bond motifs is 1. The maximum atomic E-state index is 12.9. The molecule has 184 valence electrons. The first-order chi connectivity index (χ1) is 16.8. The first kappa shape index (κ1) is 25.0. The SMILES string of the molecule is CCc1ccc2c(c1)[C@@H](NC[C@@H](O)[C@H](Cc1ccccc1)NC(=O)c1ccccc1)CC(C)(C)O2. The summed E-state index contributed by atoms with van der Waals surface area (Å²) >= 11 is 0. The van der Waals surface area contributed by atoms with Crippen LogP contribution in [0.15, 0.2) is 78.9 Å². The molecular weight excluding hydrogens is 436 g/mol. The molecule has 3 atom stereocenters. The summed E-state index contributed by atoms with van der Waals surface area (Å²) in [7, 11) is 0. The number of benzene rings is 3. The van der Waals surface area contributed by atoms with Gasteiger partial charge in [0, 0.05) is 30.1 Å². The fourth-order valence-corrected chi connectivity index (χ4v) is 4.70. The molecule has 0 saturated carbocycles. The quantitative estimate of drug-likeness (QED) is 0.417. The maximum Gasteiger partial charge on any atom is 0.251 e. The third kappa shape index (κ3) is 6.50. The highest BCUT2D eigenvalue weighted by atomic mass is 16.5. The van der Waals surface area contributed by atoms with Gasteiger partial charge in [0.05, 0.1) is 12.1 Å². The Labute approximate surface area is 208 Å². The topological polar surface area (TPSA) is 70.6 Å². The largest absolute Gasteiger partial charge is 0.487 e. The van der Waals surface area contributed by atoms with Gasteiger partial charge in [-0.15, -0.1) is 0 Å². The van der Waals surface area contributed by atoms with Crippen LogP contribution in [0.25, 0.3) is 0 Å². The molecule has 5 nitrogen and oxygen atoms in total. The van der Waals surface area contributed by atoms with Crippen molar-refractivity contribution in [3.8, 4) is 5.75 Å². The van der Waals surface area contributed by atoms with Crippen LogP contribution in [-0.4, -0.2) is 35.3 Å². The summed E-state index contributed by atoms with van der Waals surface area (Å²) in [6.07, 6.45) is 1.51. The van der Waals surface area contributed by atoms with E-state index in [2.05, 4.69) is 49.6 Å². The van der Waals surface area contributed by atoms with Gasteiger partial charge in [0.2, 0.25) is 0 Å². The number of hydrogen-bond donors (Lipinski definition) is 3. The molecule has 1 aliphatic heterocycles. The minimum absolute atomic E-state index is 0.0529. The fourth-order valence-electron chi connectivity index (χ4n) is 4.70. The fraction of sp³-hybridized carbons (Fsp3) is 0.367. The lowest BCUT2D eigenvalue weighted by Crippen LogP contribution is -2.50. The van der Waals surface area contributed by atoms with Crippen LogP contribution in [0.1, 0.15) is 60.3 Å². The summed E-state index contributed by atoms with van der Waals surface area (Å²) in [5.74, 6) is 0.708. The molecule has 1 aliphatic rings. The Morgan fingerprint density at radius 1 is 1.03 bits per heavy atom. The molecule has 1 amide bonds. The molecule has 0 saturated heterocycles. The Morgan fingerprint density at radius 2 is 1.71 bits per heavy atom. The third-order valence-corrected chi connectivity index (χ3v) is 6.63. The van der Waals surface area contributed by atoms with Gasteiger partial charge in [-0.05, 0) is 56.0 Å².